The van der Waals surface area contributed by atoms with Crippen molar-refractivity contribution in [2.45, 2.75) is 12.8 Å². The van der Waals surface area contributed by atoms with Crippen molar-refractivity contribution in [1.29, 1.82) is 0 Å². The lowest BCUT2D eigenvalue weighted by Crippen LogP contribution is -2.36. The van der Waals surface area contributed by atoms with Gasteiger partial charge in [0.1, 0.15) is 6.33 Å². The summed E-state index contributed by atoms with van der Waals surface area (Å²) in [6, 6.07) is 0. The van der Waals surface area contributed by atoms with Crippen molar-refractivity contribution in [3.05, 3.63) is 16.4 Å². The average Bonchev–Trinajstić information content (AvgIpc) is 2.48. The summed E-state index contributed by atoms with van der Waals surface area (Å²) in [5.41, 5.74) is -0.0598. The summed E-state index contributed by atoms with van der Waals surface area (Å²) >= 11 is 0. The number of anilines is 2. The summed E-state index contributed by atoms with van der Waals surface area (Å²) in [4.78, 5) is 23.1. The fraction of sp³-hybridized carbons (Fsp3) is 0.692. The zero-order valence-corrected chi connectivity index (χ0v) is 12.7. The van der Waals surface area contributed by atoms with Crippen LogP contribution in [0.1, 0.15) is 12.8 Å². The van der Waals surface area contributed by atoms with Gasteiger partial charge in [-0.3, -0.25) is 10.1 Å². The first kappa shape index (κ1) is 15.4. The lowest BCUT2D eigenvalue weighted by Gasteiger charge is -2.31. The molecular formula is C13H22N6O2. The topological polar surface area (TPSA) is 87.4 Å². The third-order valence-electron chi connectivity index (χ3n) is 3.95. The van der Waals surface area contributed by atoms with Gasteiger partial charge in [-0.25, -0.2) is 9.97 Å². The number of hydrogen-bond donors (Lipinski definition) is 1. The number of likely N-dealkylation sites (tertiary alicyclic amines) is 1. The maximum Gasteiger partial charge on any atom is 0.353 e. The maximum atomic E-state index is 11.3. The molecule has 21 heavy (non-hydrogen) atoms. The van der Waals surface area contributed by atoms with E-state index >= 15 is 0 Å². The Morgan fingerprint density at radius 3 is 2.71 bits per heavy atom. The van der Waals surface area contributed by atoms with E-state index in [0.717, 1.165) is 32.5 Å². The molecule has 116 valence electrons. The minimum Gasteiger partial charge on any atom is -0.367 e. The highest BCUT2D eigenvalue weighted by molar-refractivity contribution is 5.69. The molecule has 1 N–H and O–H groups in total. The number of piperidine rings is 1. The van der Waals surface area contributed by atoms with Crippen molar-refractivity contribution in [1.82, 2.24) is 14.9 Å². The lowest BCUT2D eigenvalue weighted by atomic mass is 9.97. The van der Waals surface area contributed by atoms with E-state index in [4.69, 9.17) is 0 Å². The van der Waals surface area contributed by atoms with Crippen molar-refractivity contribution in [2.75, 3.05) is 51.0 Å². The second kappa shape index (κ2) is 6.66. The van der Waals surface area contributed by atoms with Crippen LogP contribution in [0.5, 0.6) is 0 Å². The van der Waals surface area contributed by atoms with Crippen LogP contribution in [0, 0.1) is 16.0 Å². The summed E-state index contributed by atoms with van der Waals surface area (Å²) in [5, 5.41) is 14.0. The molecule has 0 atom stereocenters. The highest BCUT2D eigenvalue weighted by Gasteiger charge is 2.27. The standard InChI is InChI=1S/C13H22N6O2/c1-14-12-11(19(20)21)13(16-9-15-12)18(3)8-10-4-6-17(2)7-5-10/h9-10H,4-8H2,1-3H3,(H,14,15,16). The summed E-state index contributed by atoms with van der Waals surface area (Å²) in [6.07, 6.45) is 3.58. The molecule has 8 nitrogen and oxygen atoms in total. The van der Waals surface area contributed by atoms with E-state index in [0.29, 0.717) is 11.7 Å². The monoisotopic (exact) mass is 294 g/mol. The molecule has 0 spiro atoms. The van der Waals surface area contributed by atoms with E-state index in [-0.39, 0.29) is 11.5 Å². The van der Waals surface area contributed by atoms with Crippen molar-refractivity contribution in [2.24, 2.45) is 5.92 Å². The molecule has 1 aromatic rings. The van der Waals surface area contributed by atoms with Gasteiger partial charge < -0.3 is 15.1 Å². The molecular weight excluding hydrogens is 272 g/mol. The highest BCUT2D eigenvalue weighted by atomic mass is 16.6. The summed E-state index contributed by atoms with van der Waals surface area (Å²) < 4.78 is 0. The number of rotatable bonds is 5. The zero-order chi connectivity index (χ0) is 15.4. The van der Waals surface area contributed by atoms with Crippen LogP contribution in [-0.4, -0.2) is 60.6 Å². The van der Waals surface area contributed by atoms with Gasteiger partial charge >= 0.3 is 5.69 Å². The molecule has 0 amide bonds. The van der Waals surface area contributed by atoms with Crippen LogP contribution in [0.15, 0.2) is 6.33 Å². The minimum absolute atomic E-state index is 0.0598. The molecule has 2 heterocycles. The number of hydrogen-bond acceptors (Lipinski definition) is 7. The van der Waals surface area contributed by atoms with Crippen LogP contribution in [0.4, 0.5) is 17.3 Å². The van der Waals surface area contributed by atoms with E-state index in [1.807, 2.05) is 11.9 Å². The molecule has 1 fully saturated rings. The summed E-state index contributed by atoms with van der Waals surface area (Å²) in [5.74, 6) is 1.16. The molecule has 0 unspecified atom stereocenters. The van der Waals surface area contributed by atoms with Gasteiger partial charge in [-0.05, 0) is 38.9 Å². The fourth-order valence-electron chi connectivity index (χ4n) is 2.72. The van der Waals surface area contributed by atoms with Crippen molar-refractivity contribution in [3.63, 3.8) is 0 Å². The first-order valence-electron chi connectivity index (χ1n) is 7.09. The zero-order valence-electron chi connectivity index (χ0n) is 12.7. The van der Waals surface area contributed by atoms with Crippen molar-refractivity contribution in [3.8, 4) is 0 Å². The number of aromatic nitrogens is 2. The van der Waals surface area contributed by atoms with Gasteiger partial charge in [-0.15, -0.1) is 0 Å². The Balaban J connectivity index is 2.15. The minimum atomic E-state index is -0.424. The first-order valence-corrected chi connectivity index (χ1v) is 7.09. The predicted octanol–water partition coefficient (Wildman–Crippen LogP) is 1.20. The molecule has 0 bridgehead atoms. The van der Waals surface area contributed by atoms with Crippen LogP contribution >= 0.6 is 0 Å². The van der Waals surface area contributed by atoms with Crippen LogP contribution in [0.2, 0.25) is 0 Å². The first-order chi connectivity index (χ1) is 10.0. The molecule has 1 aromatic heterocycles. The average molecular weight is 294 g/mol. The molecule has 1 aliphatic rings. The van der Waals surface area contributed by atoms with E-state index < -0.39 is 4.92 Å². The van der Waals surface area contributed by atoms with Gasteiger partial charge in [0.15, 0.2) is 0 Å². The number of nitro groups is 1. The molecule has 2 rings (SSSR count). The number of nitrogens with one attached hydrogen (secondary N) is 1. The van der Waals surface area contributed by atoms with E-state index in [1.165, 1.54) is 6.33 Å². The maximum absolute atomic E-state index is 11.3. The van der Waals surface area contributed by atoms with Crippen LogP contribution in [0.3, 0.4) is 0 Å². The highest BCUT2D eigenvalue weighted by Crippen LogP contribution is 2.31. The van der Waals surface area contributed by atoms with Gasteiger partial charge in [-0.2, -0.15) is 0 Å². The fourth-order valence-corrected chi connectivity index (χ4v) is 2.72. The molecule has 0 aliphatic carbocycles. The second-order valence-electron chi connectivity index (χ2n) is 5.53. The van der Waals surface area contributed by atoms with E-state index in [1.54, 1.807) is 7.05 Å². The molecule has 8 heteroatoms. The molecule has 1 saturated heterocycles. The molecule has 0 saturated carbocycles. The Hall–Kier alpha value is -1.96. The van der Waals surface area contributed by atoms with E-state index in [9.17, 15) is 10.1 Å². The smallest absolute Gasteiger partial charge is 0.353 e. The van der Waals surface area contributed by atoms with Crippen LogP contribution in [-0.2, 0) is 0 Å². The lowest BCUT2D eigenvalue weighted by molar-refractivity contribution is -0.383. The Morgan fingerprint density at radius 1 is 1.48 bits per heavy atom. The predicted molar refractivity (Wildman–Crippen MR) is 81.7 cm³/mol. The quantitative estimate of drug-likeness (QED) is 0.645. The third kappa shape index (κ3) is 3.57. The van der Waals surface area contributed by atoms with Crippen LogP contribution in [0.25, 0.3) is 0 Å². The Kier molecular flexibility index (Phi) is 4.89. The van der Waals surface area contributed by atoms with Crippen molar-refractivity contribution < 1.29 is 4.92 Å². The van der Waals surface area contributed by atoms with Gasteiger partial charge in [0, 0.05) is 20.6 Å². The van der Waals surface area contributed by atoms with Gasteiger partial charge in [0.25, 0.3) is 0 Å². The SMILES string of the molecule is CNc1ncnc(N(C)CC2CCN(C)CC2)c1[N+](=O)[O-]. The summed E-state index contributed by atoms with van der Waals surface area (Å²) in [7, 11) is 5.59. The van der Waals surface area contributed by atoms with E-state index in [2.05, 4.69) is 27.2 Å². The molecule has 1 aliphatic heterocycles. The largest absolute Gasteiger partial charge is 0.367 e. The molecule has 0 radical (unpaired) electrons. The third-order valence-corrected chi connectivity index (χ3v) is 3.95. The Bertz CT molecular complexity index is 501. The van der Waals surface area contributed by atoms with Crippen LogP contribution < -0.4 is 10.2 Å². The summed E-state index contributed by atoms with van der Waals surface area (Å²) in [6.45, 7) is 2.92. The molecule has 0 aromatic carbocycles. The van der Waals surface area contributed by atoms with Gasteiger partial charge in [0.05, 0.1) is 4.92 Å². The number of nitrogens with zero attached hydrogens (tertiary/aromatic N) is 5. The second-order valence-corrected chi connectivity index (χ2v) is 5.53. The Labute approximate surface area is 124 Å². The van der Waals surface area contributed by atoms with Gasteiger partial charge in [-0.1, -0.05) is 0 Å². The Morgan fingerprint density at radius 2 is 2.14 bits per heavy atom. The van der Waals surface area contributed by atoms with Gasteiger partial charge in [0.2, 0.25) is 11.6 Å². The van der Waals surface area contributed by atoms with Crippen molar-refractivity contribution >= 4 is 17.3 Å². The normalized spacial score (nSPS) is 16.7.